The van der Waals surface area contributed by atoms with Gasteiger partial charge in [0.05, 0.1) is 6.07 Å². The van der Waals surface area contributed by atoms with Crippen LogP contribution in [0.1, 0.15) is 59.8 Å². The molecule has 1 aliphatic heterocycles. The molecule has 3 heteroatoms. The van der Waals surface area contributed by atoms with Crippen molar-refractivity contribution in [3.63, 3.8) is 0 Å². The molecule has 0 aliphatic carbocycles. The van der Waals surface area contributed by atoms with Crippen LogP contribution < -0.4 is 5.32 Å². The molecule has 0 amide bonds. The maximum absolute atomic E-state index is 9.43. The highest BCUT2D eigenvalue weighted by atomic mass is 15.2. The SMILES string of the molecule is CCCC1CCCN(CC(C)(C#N)NC(C)C)CC1. The largest absolute Gasteiger partial charge is 0.300 e. The number of nitrogens with zero attached hydrogens (tertiary/aromatic N) is 2. The average Bonchev–Trinajstić information content (AvgIpc) is 2.54. The van der Waals surface area contributed by atoms with Crippen LogP contribution in [0.4, 0.5) is 0 Å². The third kappa shape index (κ3) is 5.93. The summed E-state index contributed by atoms with van der Waals surface area (Å²) in [5, 5.41) is 12.8. The Balaban J connectivity index is 2.50. The summed E-state index contributed by atoms with van der Waals surface area (Å²) in [5.41, 5.74) is -0.418. The lowest BCUT2D eigenvalue weighted by Crippen LogP contribution is -2.53. The monoisotopic (exact) mass is 265 g/mol. The normalized spacial score (nSPS) is 24.7. The lowest BCUT2D eigenvalue weighted by molar-refractivity contribution is 0.217. The van der Waals surface area contributed by atoms with Gasteiger partial charge in [-0.3, -0.25) is 5.32 Å². The quantitative estimate of drug-likeness (QED) is 0.802. The topological polar surface area (TPSA) is 39.1 Å². The van der Waals surface area contributed by atoms with E-state index in [1.165, 1.54) is 32.1 Å². The van der Waals surface area contributed by atoms with Gasteiger partial charge in [0.25, 0.3) is 0 Å². The van der Waals surface area contributed by atoms with Crippen LogP contribution in [-0.2, 0) is 0 Å². The molecule has 110 valence electrons. The zero-order chi connectivity index (χ0) is 14.3. The van der Waals surface area contributed by atoms with Gasteiger partial charge in [-0.05, 0) is 59.0 Å². The molecule has 0 aromatic carbocycles. The molecule has 1 heterocycles. The number of nitrogens with one attached hydrogen (secondary N) is 1. The van der Waals surface area contributed by atoms with Gasteiger partial charge in [0.2, 0.25) is 0 Å². The van der Waals surface area contributed by atoms with E-state index in [1.807, 2.05) is 6.92 Å². The summed E-state index contributed by atoms with van der Waals surface area (Å²) in [7, 11) is 0. The molecule has 1 rings (SSSR count). The fourth-order valence-corrected chi connectivity index (χ4v) is 3.28. The first-order valence-electron chi connectivity index (χ1n) is 7.90. The summed E-state index contributed by atoms with van der Waals surface area (Å²) in [6.45, 7) is 11.7. The van der Waals surface area contributed by atoms with Crippen LogP contribution in [0.3, 0.4) is 0 Å². The van der Waals surface area contributed by atoms with E-state index in [-0.39, 0.29) is 0 Å². The van der Waals surface area contributed by atoms with Crippen LogP contribution in [0.2, 0.25) is 0 Å². The van der Waals surface area contributed by atoms with Crippen molar-refractivity contribution >= 4 is 0 Å². The molecule has 1 aliphatic rings. The third-order valence-electron chi connectivity index (χ3n) is 4.03. The Labute approximate surface area is 119 Å². The van der Waals surface area contributed by atoms with Crippen LogP contribution in [0, 0.1) is 17.2 Å². The standard InChI is InChI=1S/C16H31N3/c1-5-7-15-8-6-10-19(11-9-15)13-16(4,12-17)18-14(2)3/h14-15,18H,5-11,13H2,1-4H3. The molecule has 0 aromatic rings. The fraction of sp³-hybridized carbons (Fsp3) is 0.938. The van der Waals surface area contributed by atoms with Crippen molar-refractivity contribution in [3.8, 4) is 6.07 Å². The van der Waals surface area contributed by atoms with E-state index in [2.05, 4.69) is 37.1 Å². The minimum absolute atomic E-state index is 0.351. The van der Waals surface area contributed by atoms with E-state index < -0.39 is 5.54 Å². The molecular formula is C16H31N3. The first-order chi connectivity index (χ1) is 8.99. The van der Waals surface area contributed by atoms with Crippen molar-refractivity contribution in [3.05, 3.63) is 0 Å². The van der Waals surface area contributed by atoms with E-state index in [4.69, 9.17) is 0 Å². The maximum Gasteiger partial charge on any atom is 0.116 e. The molecular weight excluding hydrogens is 234 g/mol. The minimum atomic E-state index is -0.418. The lowest BCUT2D eigenvalue weighted by atomic mass is 9.96. The molecule has 19 heavy (non-hydrogen) atoms. The molecule has 3 nitrogen and oxygen atoms in total. The first-order valence-corrected chi connectivity index (χ1v) is 7.90. The van der Waals surface area contributed by atoms with Crippen LogP contribution in [-0.4, -0.2) is 36.1 Å². The number of hydrogen-bond acceptors (Lipinski definition) is 3. The van der Waals surface area contributed by atoms with Gasteiger partial charge in [-0.15, -0.1) is 0 Å². The van der Waals surface area contributed by atoms with Crippen LogP contribution in [0.5, 0.6) is 0 Å². The smallest absolute Gasteiger partial charge is 0.116 e. The van der Waals surface area contributed by atoms with Gasteiger partial charge in [0.1, 0.15) is 5.54 Å². The molecule has 0 spiro atoms. The maximum atomic E-state index is 9.43. The van der Waals surface area contributed by atoms with E-state index in [0.717, 1.165) is 25.6 Å². The predicted molar refractivity (Wildman–Crippen MR) is 81.0 cm³/mol. The summed E-state index contributed by atoms with van der Waals surface area (Å²) in [5.74, 6) is 0.904. The van der Waals surface area contributed by atoms with Crippen molar-refractivity contribution in [2.24, 2.45) is 5.92 Å². The third-order valence-corrected chi connectivity index (χ3v) is 4.03. The Morgan fingerprint density at radius 2 is 2.11 bits per heavy atom. The second-order valence-corrected chi connectivity index (χ2v) is 6.60. The van der Waals surface area contributed by atoms with Crippen molar-refractivity contribution in [2.45, 2.75) is 71.4 Å². The van der Waals surface area contributed by atoms with Crippen molar-refractivity contribution in [1.82, 2.24) is 10.2 Å². The number of rotatable bonds is 6. The van der Waals surface area contributed by atoms with E-state index in [1.54, 1.807) is 0 Å². The molecule has 1 saturated heterocycles. The van der Waals surface area contributed by atoms with Gasteiger partial charge < -0.3 is 4.90 Å². The van der Waals surface area contributed by atoms with Gasteiger partial charge in [-0.1, -0.05) is 19.8 Å². The van der Waals surface area contributed by atoms with Crippen molar-refractivity contribution in [1.29, 1.82) is 5.26 Å². The number of nitriles is 1. The second kappa shape index (κ2) is 7.87. The Hall–Kier alpha value is -0.590. The Kier molecular flexibility index (Phi) is 6.82. The second-order valence-electron chi connectivity index (χ2n) is 6.60. The summed E-state index contributed by atoms with van der Waals surface area (Å²) < 4.78 is 0. The van der Waals surface area contributed by atoms with E-state index in [9.17, 15) is 5.26 Å². The zero-order valence-corrected chi connectivity index (χ0v) is 13.2. The Morgan fingerprint density at radius 3 is 2.68 bits per heavy atom. The molecule has 0 bridgehead atoms. The highest BCUT2D eigenvalue weighted by molar-refractivity contribution is 5.06. The van der Waals surface area contributed by atoms with Gasteiger partial charge in [0.15, 0.2) is 0 Å². The molecule has 2 unspecified atom stereocenters. The van der Waals surface area contributed by atoms with Crippen molar-refractivity contribution < 1.29 is 0 Å². The summed E-state index contributed by atoms with van der Waals surface area (Å²) in [6.07, 6.45) is 6.62. The Bertz CT molecular complexity index is 295. The number of hydrogen-bond donors (Lipinski definition) is 1. The summed E-state index contributed by atoms with van der Waals surface area (Å²) >= 11 is 0. The molecule has 1 N–H and O–H groups in total. The highest BCUT2D eigenvalue weighted by Crippen LogP contribution is 2.22. The van der Waals surface area contributed by atoms with Gasteiger partial charge in [-0.25, -0.2) is 0 Å². The predicted octanol–water partition coefficient (Wildman–Crippen LogP) is 3.17. The molecule has 2 atom stereocenters. The molecule has 1 fully saturated rings. The van der Waals surface area contributed by atoms with Gasteiger partial charge in [0, 0.05) is 12.6 Å². The van der Waals surface area contributed by atoms with Crippen LogP contribution >= 0.6 is 0 Å². The van der Waals surface area contributed by atoms with E-state index in [0.29, 0.717) is 6.04 Å². The number of likely N-dealkylation sites (tertiary alicyclic amines) is 1. The molecule has 0 radical (unpaired) electrons. The van der Waals surface area contributed by atoms with Gasteiger partial charge in [-0.2, -0.15) is 5.26 Å². The molecule has 0 aromatic heterocycles. The zero-order valence-electron chi connectivity index (χ0n) is 13.2. The lowest BCUT2D eigenvalue weighted by Gasteiger charge is -2.32. The van der Waals surface area contributed by atoms with Crippen LogP contribution in [0.25, 0.3) is 0 Å². The summed E-state index contributed by atoms with van der Waals surface area (Å²) in [4.78, 5) is 2.48. The minimum Gasteiger partial charge on any atom is -0.300 e. The Morgan fingerprint density at radius 1 is 1.37 bits per heavy atom. The van der Waals surface area contributed by atoms with E-state index >= 15 is 0 Å². The fourth-order valence-electron chi connectivity index (χ4n) is 3.28. The molecule has 0 saturated carbocycles. The van der Waals surface area contributed by atoms with Crippen molar-refractivity contribution in [2.75, 3.05) is 19.6 Å². The first kappa shape index (κ1) is 16.5. The van der Waals surface area contributed by atoms with Crippen LogP contribution in [0.15, 0.2) is 0 Å². The average molecular weight is 265 g/mol. The summed E-state index contributed by atoms with van der Waals surface area (Å²) in [6, 6.07) is 2.81. The van der Waals surface area contributed by atoms with Gasteiger partial charge >= 0.3 is 0 Å². The highest BCUT2D eigenvalue weighted by Gasteiger charge is 2.28.